The first-order valence-corrected chi connectivity index (χ1v) is 11.3. The van der Waals surface area contributed by atoms with Gasteiger partial charge in [0.05, 0.1) is 6.20 Å². The van der Waals surface area contributed by atoms with Crippen molar-refractivity contribution in [2.45, 2.75) is 36.8 Å². The van der Waals surface area contributed by atoms with Crippen LogP contribution in [0.4, 0.5) is 0 Å². The SMILES string of the molecule is Cc1csc(SCc2c(C(=O)NCCCc3cn[nH]c3C)oc3ccccc23)n1. The molecular weight excluding hydrogens is 404 g/mol. The van der Waals surface area contributed by atoms with Crippen LogP contribution < -0.4 is 5.32 Å². The molecule has 1 aromatic carbocycles. The second-order valence-electron chi connectivity index (χ2n) is 6.83. The molecule has 150 valence electrons. The van der Waals surface area contributed by atoms with E-state index in [1.54, 1.807) is 23.1 Å². The molecule has 6 nitrogen and oxygen atoms in total. The normalized spacial score (nSPS) is 11.2. The van der Waals surface area contributed by atoms with E-state index in [0.29, 0.717) is 18.1 Å². The van der Waals surface area contributed by atoms with Crippen molar-refractivity contribution >= 4 is 40.0 Å². The summed E-state index contributed by atoms with van der Waals surface area (Å²) in [4.78, 5) is 17.3. The van der Waals surface area contributed by atoms with Gasteiger partial charge in [-0.05, 0) is 38.3 Å². The first-order chi connectivity index (χ1) is 14.1. The number of carbonyl (C=O) groups is 1. The molecule has 0 saturated carbocycles. The van der Waals surface area contributed by atoms with E-state index in [4.69, 9.17) is 4.42 Å². The third-order valence-electron chi connectivity index (χ3n) is 4.69. The van der Waals surface area contributed by atoms with Crippen molar-refractivity contribution in [2.75, 3.05) is 6.54 Å². The molecule has 29 heavy (non-hydrogen) atoms. The van der Waals surface area contributed by atoms with Crippen LogP contribution in [-0.4, -0.2) is 27.6 Å². The summed E-state index contributed by atoms with van der Waals surface area (Å²) >= 11 is 3.25. The topological polar surface area (TPSA) is 83.8 Å². The van der Waals surface area contributed by atoms with Gasteiger partial charge in [-0.25, -0.2) is 4.98 Å². The number of amides is 1. The lowest BCUT2D eigenvalue weighted by molar-refractivity contribution is 0.0926. The largest absolute Gasteiger partial charge is 0.451 e. The molecule has 0 fully saturated rings. The molecule has 0 aliphatic carbocycles. The summed E-state index contributed by atoms with van der Waals surface area (Å²) < 4.78 is 6.91. The minimum Gasteiger partial charge on any atom is -0.451 e. The maximum atomic E-state index is 12.8. The van der Waals surface area contributed by atoms with Crippen molar-refractivity contribution in [1.82, 2.24) is 20.5 Å². The number of H-pyrrole nitrogens is 1. The van der Waals surface area contributed by atoms with E-state index in [1.165, 1.54) is 5.56 Å². The van der Waals surface area contributed by atoms with E-state index in [9.17, 15) is 4.79 Å². The number of carbonyl (C=O) groups excluding carboxylic acids is 1. The fraction of sp³-hybridized carbons (Fsp3) is 0.286. The zero-order valence-electron chi connectivity index (χ0n) is 16.3. The van der Waals surface area contributed by atoms with Gasteiger partial charge in [-0.3, -0.25) is 9.89 Å². The van der Waals surface area contributed by atoms with Gasteiger partial charge in [-0.1, -0.05) is 30.0 Å². The second-order valence-corrected chi connectivity index (χ2v) is 8.91. The van der Waals surface area contributed by atoms with Gasteiger partial charge in [0.2, 0.25) is 0 Å². The van der Waals surface area contributed by atoms with Crippen molar-refractivity contribution in [3.05, 3.63) is 64.1 Å². The molecule has 1 amide bonds. The molecule has 4 aromatic rings. The highest BCUT2D eigenvalue weighted by Crippen LogP contribution is 2.33. The molecular formula is C21H22N4O2S2. The van der Waals surface area contributed by atoms with Crippen LogP contribution in [0.1, 0.15) is 39.5 Å². The van der Waals surface area contributed by atoms with E-state index in [2.05, 4.69) is 20.5 Å². The van der Waals surface area contributed by atoms with E-state index in [1.807, 2.05) is 49.7 Å². The van der Waals surface area contributed by atoms with E-state index < -0.39 is 0 Å². The molecule has 4 rings (SSSR count). The molecule has 8 heteroatoms. The number of para-hydroxylation sites is 1. The molecule has 0 radical (unpaired) electrons. The Bertz CT molecular complexity index is 1130. The van der Waals surface area contributed by atoms with Crippen molar-refractivity contribution < 1.29 is 9.21 Å². The van der Waals surface area contributed by atoms with Crippen molar-refractivity contribution in [3.8, 4) is 0 Å². The number of hydrogen-bond acceptors (Lipinski definition) is 6. The molecule has 0 unspecified atom stereocenters. The Morgan fingerprint density at radius 2 is 2.17 bits per heavy atom. The van der Waals surface area contributed by atoms with Crippen LogP contribution >= 0.6 is 23.1 Å². The zero-order chi connectivity index (χ0) is 20.2. The highest BCUT2D eigenvalue weighted by atomic mass is 32.2. The number of aromatic amines is 1. The van der Waals surface area contributed by atoms with Crippen LogP contribution in [0.25, 0.3) is 11.0 Å². The van der Waals surface area contributed by atoms with Gasteiger partial charge < -0.3 is 9.73 Å². The van der Waals surface area contributed by atoms with Gasteiger partial charge in [0.1, 0.15) is 9.92 Å². The number of furan rings is 1. The summed E-state index contributed by atoms with van der Waals surface area (Å²) in [6.45, 7) is 4.57. The van der Waals surface area contributed by atoms with Gasteiger partial charge in [0, 0.05) is 40.0 Å². The third-order valence-corrected chi connectivity index (χ3v) is 6.85. The maximum Gasteiger partial charge on any atom is 0.287 e. The number of rotatable bonds is 8. The van der Waals surface area contributed by atoms with Crippen LogP contribution in [-0.2, 0) is 12.2 Å². The number of fused-ring (bicyclic) bond motifs is 1. The summed E-state index contributed by atoms with van der Waals surface area (Å²) in [6, 6.07) is 7.78. The Kier molecular flexibility index (Phi) is 6.01. The standard InChI is InChI=1S/C21H22N4O2S2/c1-13-11-28-21(24-13)29-12-17-16-7-3-4-8-18(16)27-19(17)20(26)22-9-5-6-15-10-23-25-14(15)2/h3-4,7-8,10-11H,5-6,9,12H2,1-2H3,(H,22,26)(H,23,25). The van der Waals surface area contributed by atoms with E-state index >= 15 is 0 Å². The molecule has 0 aliphatic rings. The number of thiazole rings is 1. The van der Waals surface area contributed by atoms with Gasteiger partial charge in [0.15, 0.2) is 5.76 Å². The Morgan fingerprint density at radius 3 is 2.93 bits per heavy atom. The summed E-state index contributed by atoms with van der Waals surface area (Å²) in [5, 5.41) is 13.0. The van der Waals surface area contributed by atoms with E-state index in [-0.39, 0.29) is 5.91 Å². The summed E-state index contributed by atoms with van der Waals surface area (Å²) in [6.07, 6.45) is 3.55. The monoisotopic (exact) mass is 426 g/mol. The summed E-state index contributed by atoms with van der Waals surface area (Å²) in [5.74, 6) is 0.864. The number of aromatic nitrogens is 3. The van der Waals surface area contributed by atoms with Crippen molar-refractivity contribution in [2.24, 2.45) is 0 Å². The minimum absolute atomic E-state index is 0.170. The van der Waals surface area contributed by atoms with Crippen LogP contribution in [0.3, 0.4) is 0 Å². The average molecular weight is 427 g/mol. The highest BCUT2D eigenvalue weighted by molar-refractivity contribution is 8.00. The Labute approximate surface area is 177 Å². The molecule has 0 bridgehead atoms. The Hall–Kier alpha value is -2.58. The fourth-order valence-corrected chi connectivity index (χ4v) is 5.02. The number of nitrogens with one attached hydrogen (secondary N) is 2. The molecule has 0 atom stereocenters. The molecule has 0 spiro atoms. The predicted molar refractivity (Wildman–Crippen MR) is 117 cm³/mol. The molecule has 2 N–H and O–H groups in total. The van der Waals surface area contributed by atoms with Gasteiger partial charge in [-0.2, -0.15) is 5.10 Å². The number of aryl methyl sites for hydroxylation is 3. The lowest BCUT2D eigenvalue weighted by Gasteiger charge is -2.05. The van der Waals surface area contributed by atoms with Crippen LogP contribution in [0, 0.1) is 13.8 Å². The smallest absolute Gasteiger partial charge is 0.287 e. The molecule has 0 saturated heterocycles. The summed E-state index contributed by atoms with van der Waals surface area (Å²) in [5.41, 5.74) is 4.92. The fourth-order valence-electron chi connectivity index (χ4n) is 3.15. The number of thioether (sulfide) groups is 1. The van der Waals surface area contributed by atoms with Gasteiger partial charge in [0.25, 0.3) is 5.91 Å². The average Bonchev–Trinajstić information content (AvgIpc) is 3.42. The maximum absolute atomic E-state index is 12.8. The Morgan fingerprint density at radius 1 is 1.31 bits per heavy atom. The Balaban J connectivity index is 1.45. The van der Waals surface area contributed by atoms with Gasteiger partial charge >= 0.3 is 0 Å². The van der Waals surface area contributed by atoms with Crippen LogP contribution in [0.2, 0.25) is 0 Å². The third kappa shape index (κ3) is 4.54. The molecule has 3 heterocycles. The lowest BCUT2D eigenvalue weighted by Crippen LogP contribution is -2.25. The van der Waals surface area contributed by atoms with Crippen LogP contribution in [0.15, 0.2) is 44.6 Å². The molecule has 0 aliphatic heterocycles. The minimum atomic E-state index is -0.170. The number of nitrogens with zero attached hydrogens (tertiary/aromatic N) is 2. The highest BCUT2D eigenvalue weighted by Gasteiger charge is 2.20. The van der Waals surface area contributed by atoms with Crippen molar-refractivity contribution in [3.63, 3.8) is 0 Å². The number of hydrogen-bond donors (Lipinski definition) is 2. The van der Waals surface area contributed by atoms with Crippen molar-refractivity contribution in [1.29, 1.82) is 0 Å². The second kappa shape index (κ2) is 8.84. The quantitative estimate of drug-likeness (QED) is 0.310. The number of benzene rings is 1. The van der Waals surface area contributed by atoms with E-state index in [0.717, 1.165) is 45.1 Å². The van der Waals surface area contributed by atoms with Gasteiger partial charge in [-0.15, -0.1) is 11.3 Å². The van der Waals surface area contributed by atoms with Crippen LogP contribution in [0.5, 0.6) is 0 Å². The summed E-state index contributed by atoms with van der Waals surface area (Å²) in [7, 11) is 0. The first-order valence-electron chi connectivity index (χ1n) is 9.44. The predicted octanol–water partition coefficient (Wildman–Crippen LogP) is 4.88. The molecule has 3 aromatic heterocycles. The first kappa shape index (κ1) is 19.7. The zero-order valence-corrected chi connectivity index (χ0v) is 18.0. The lowest BCUT2D eigenvalue weighted by atomic mass is 10.1.